The van der Waals surface area contributed by atoms with Crippen molar-refractivity contribution in [1.82, 2.24) is 4.98 Å². The Kier molecular flexibility index (Phi) is 4.87. The molecule has 1 rings (SSSR count). The van der Waals surface area contributed by atoms with Gasteiger partial charge in [-0.25, -0.2) is 4.98 Å². The molecule has 0 radical (unpaired) electrons. The third-order valence-corrected chi connectivity index (χ3v) is 3.02. The minimum atomic E-state index is -0.377. The molecule has 0 spiro atoms. The first-order valence-corrected chi connectivity index (χ1v) is 5.94. The predicted octanol–water partition coefficient (Wildman–Crippen LogP) is 3.15. The number of nitro groups is 1. The van der Waals surface area contributed by atoms with Gasteiger partial charge in [0, 0.05) is 18.3 Å². The van der Waals surface area contributed by atoms with Crippen molar-refractivity contribution in [3.8, 4) is 0 Å². The van der Waals surface area contributed by atoms with Gasteiger partial charge in [0.15, 0.2) is 0 Å². The van der Waals surface area contributed by atoms with Crippen molar-refractivity contribution in [2.75, 3.05) is 11.9 Å². The molecule has 5 nitrogen and oxygen atoms in total. The number of hydrogen-bond acceptors (Lipinski definition) is 4. The van der Waals surface area contributed by atoms with E-state index in [0.717, 1.165) is 19.4 Å². The van der Waals surface area contributed by atoms with Crippen LogP contribution in [0.3, 0.4) is 0 Å². The van der Waals surface area contributed by atoms with Gasteiger partial charge in [0.2, 0.25) is 5.82 Å². The Morgan fingerprint density at radius 1 is 1.47 bits per heavy atom. The van der Waals surface area contributed by atoms with E-state index >= 15 is 0 Å². The van der Waals surface area contributed by atoms with Crippen LogP contribution < -0.4 is 5.32 Å². The van der Waals surface area contributed by atoms with E-state index in [1.54, 1.807) is 19.2 Å². The summed E-state index contributed by atoms with van der Waals surface area (Å²) in [7, 11) is 0. The summed E-state index contributed by atoms with van der Waals surface area (Å²) in [5.74, 6) is 0.902. The van der Waals surface area contributed by atoms with Crippen LogP contribution in [0.1, 0.15) is 32.3 Å². The first-order valence-electron chi connectivity index (χ1n) is 5.94. The van der Waals surface area contributed by atoms with Crippen molar-refractivity contribution >= 4 is 11.5 Å². The van der Waals surface area contributed by atoms with E-state index in [0.29, 0.717) is 17.3 Å². The van der Waals surface area contributed by atoms with E-state index in [-0.39, 0.29) is 10.6 Å². The maximum absolute atomic E-state index is 11.0. The zero-order valence-corrected chi connectivity index (χ0v) is 10.6. The van der Waals surface area contributed by atoms with Crippen LogP contribution in [0.25, 0.3) is 0 Å². The molecule has 0 aliphatic heterocycles. The number of nitrogens with one attached hydrogen (secondary N) is 1. The minimum absolute atomic E-state index is 0.0819. The van der Waals surface area contributed by atoms with Crippen molar-refractivity contribution in [3.05, 3.63) is 27.9 Å². The van der Waals surface area contributed by atoms with Crippen LogP contribution in [0.2, 0.25) is 0 Å². The van der Waals surface area contributed by atoms with Crippen molar-refractivity contribution in [2.24, 2.45) is 5.92 Å². The second kappa shape index (κ2) is 6.18. The molecule has 94 valence electrons. The highest BCUT2D eigenvalue weighted by atomic mass is 16.6. The van der Waals surface area contributed by atoms with Crippen molar-refractivity contribution in [1.29, 1.82) is 0 Å². The van der Waals surface area contributed by atoms with E-state index in [9.17, 15) is 10.1 Å². The second-order valence-corrected chi connectivity index (χ2v) is 4.15. The van der Waals surface area contributed by atoms with E-state index in [1.807, 2.05) is 0 Å². The van der Waals surface area contributed by atoms with Gasteiger partial charge in [-0.1, -0.05) is 26.7 Å². The van der Waals surface area contributed by atoms with Crippen LogP contribution in [-0.2, 0) is 0 Å². The van der Waals surface area contributed by atoms with Gasteiger partial charge in [-0.3, -0.25) is 10.1 Å². The largest absolute Gasteiger partial charge is 0.364 e. The quantitative estimate of drug-likeness (QED) is 0.609. The average Bonchev–Trinajstić information content (AvgIpc) is 2.29. The van der Waals surface area contributed by atoms with E-state index in [1.165, 1.54) is 0 Å². The normalized spacial score (nSPS) is 10.6. The standard InChI is InChI=1S/C12H19N3O2/c1-4-10(5-2)8-14-12-11(15(16)17)9(3)6-7-13-12/h6-7,10H,4-5,8H2,1-3H3,(H,13,14). The van der Waals surface area contributed by atoms with Crippen molar-refractivity contribution in [3.63, 3.8) is 0 Å². The highest BCUT2D eigenvalue weighted by Gasteiger charge is 2.18. The van der Waals surface area contributed by atoms with Gasteiger partial charge in [0.05, 0.1) is 4.92 Å². The molecule has 0 aliphatic carbocycles. The van der Waals surface area contributed by atoms with Crippen LogP contribution in [0.4, 0.5) is 11.5 Å². The zero-order valence-electron chi connectivity index (χ0n) is 10.6. The topological polar surface area (TPSA) is 68.1 Å². The van der Waals surface area contributed by atoms with Crippen LogP contribution in [0.5, 0.6) is 0 Å². The second-order valence-electron chi connectivity index (χ2n) is 4.15. The molecule has 1 aromatic heterocycles. The van der Waals surface area contributed by atoms with Crippen molar-refractivity contribution in [2.45, 2.75) is 33.6 Å². The molecule has 0 amide bonds. The maximum atomic E-state index is 11.0. The lowest BCUT2D eigenvalue weighted by Crippen LogP contribution is -2.14. The first-order chi connectivity index (χ1) is 8.10. The summed E-state index contributed by atoms with van der Waals surface area (Å²) >= 11 is 0. The average molecular weight is 237 g/mol. The van der Waals surface area contributed by atoms with Crippen LogP contribution >= 0.6 is 0 Å². The summed E-state index contributed by atoms with van der Waals surface area (Å²) < 4.78 is 0. The van der Waals surface area contributed by atoms with Gasteiger partial charge in [0.25, 0.3) is 0 Å². The number of anilines is 1. The van der Waals surface area contributed by atoms with E-state index in [4.69, 9.17) is 0 Å². The Morgan fingerprint density at radius 3 is 2.65 bits per heavy atom. The van der Waals surface area contributed by atoms with Gasteiger partial charge < -0.3 is 5.32 Å². The Balaban J connectivity index is 2.84. The third-order valence-electron chi connectivity index (χ3n) is 3.02. The Hall–Kier alpha value is -1.65. The molecule has 0 saturated heterocycles. The fourth-order valence-electron chi connectivity index (χ4n) is 1.73. The molecular formula is C12H19N3O2. The third kappa shape index (κ3) is 3.41. The first kappa shape index (κ1) is 13.4. The summed E-state index contributed by atoms with van der Waals surface area (Å²) in [6.07, 6.45) is 3.71. The smallest absolute Gasteiger partial charge is 0.314 e. The molecule has 0 aromatic carbocycles. The van der Waals surface area contributed by atoms with Gasteiger partial charge >= 0.3 is 5.69 Å². The van der Waals surface area contributed by atoms with Gasteiger partial charge in [-0.05, 0) is 18.9 Å². The fraction of sp³-hybridized carbons (Fsp3) is 0.583. The molecule has 0 aliphatic rings. The van der Waals surface area contributed by atoms with Gasteiger partial charge in [-0.15, -0.1) is 0 Å². The summed E-state index contributed by atoms with van der Waals surface area (Å²) in [6.45, 7) is 6.69. The molecule has 1 aromatic rings. The Morgan fingerprint density at radius 2 is 2.12 bits per heavy atom. The number of rotatable bonds is 6. The highest BCUT2D eigenvalue weighted by Crippen LogP contribution is 2.25. The molecule has 1 heterocycles. The van der Waals surface area contributed by atoms with Crippen LogP contribution in [0.15, 0.2) is 12.3 Å². The van der Waals surface area contributed by atoms with Crippen LogP contribution in [-0.4, -0.2) is 16.5 Å². The number of aryl methyl sites for hydroxylation is 1. The SMILES string of the molecule is CCC(CC)CNc1nccc(C)c1[N+](=O)[O-]. The summed E-state index contributed by atoms with van der Waals surface area (Å²) in [4.78, 5) is 14.6. The number of aromatic nitrogens is 1. The number of hydrogen-bond donors (Lipinski definition) is 1. The predicted molar refractivity (Wildman–Crippen MR) is 68.2 cm³/mol. The summed E-state index contributed by atoms with van der Waals surface area (Å²) in [5, 5.41) is 14.0. The monoisotopic (exact) mass is 237 g/mol. The Labute approximate surface area is 101 Å². The van der Waals surface area contributed by atoms with Crippen LogP contribution in [0, 0.1) is 23.0 Å². The molecule has 1 N–H and O–H groups in total. The molecule has 0 saturated carbocycles. The molecule has 0 atom stereocenters. The molecule has 0 bridgehead atoms. The molecule has 17 heavy (non-hydrogen) atoms. The molecular weight excluding hydrogens is 218 g/mol. The summed E-state index contributed by atoms with van der Waals surface area (Å²) in [5.41, 5.74) is 0.718. The summed E-state index contributed by atoms with van der Waals surface area (Å²) in [6, 6.07) is 1.65. The van der Waals surface area contributed by atoms with Gasteiger partial charge in [0.1, 0.15) is 0 Å². The molecule has 0 unspecified atom stereocenters. The van der Waals surface area contributed by atoms with Crippen molar-refractivity contribution < 1.29 is 4.92 Å². The molecule has 5 heteroatoms. The molecule has 0 fully saturated rings. The van der Waals surface area contributed by atoms with Gasteiger partial charge in [-0.2, -0.15) is 0 Å². The number of nitrogens with zero attached hydrogens (tertiary/aromatic N) is 2. The lowest BCUT2D eigenvalue weighted by atomic mass is 10.0. The lowest BCUT2D eigenvalue weighted by molar-refractivity contribution is -0.384. The maximum Gasteiger partial charge on any atom is 0.314 e. The fourth-order valence-corrected chi connectivity index (χ4v) is 1.73. The lowest BCUT2D eigenvalue weighted by Gasteiger charge is -2.14. The van der Waals surface area contributed by atoms with E-state index < -0.39 is 0 Å². The van der Waals surface area contributed by atoms with E-state index in [2.05, 4.69) is 24.1 Å². The zero-order chi connectivity index (χ0) is 12.8. The number of pyridine rings is 1. The minimum Gasteiger partial charge on any atom is -0.364 e. The Bertz CT molecular complexity index is 389. The highest BCUT2D eigenvalue weighted by molar-refractivity contribution is 5.59.